The minimum Gasteiger partial charge on any atom is -0.322 e. The van der Waals surface area contributed by atoms with Gasteiger partial charge in [-0.15, -0.1) is 0 Å². The highest BCUT2D eigenvalue weighted by molar-refractivity contribution is 7.92. The number of nitrogens with zero attached hydrogens (tertiary/aromatic N) is 1. The van der Waals surface area contributed by atoms with Crippen LogP contribution in [0.4, 0.5) is 11.4 Å². The molecule has 0 aliphatic heterocycles. The second kappa shape index (κ2) is 9.97. The Morgan fingerprint density at radius 2 is 1.62 bits per heavy atom. The summed E-state index contributed by atoms with van der Waals surface area (Å²) < 4.78 is 28.3. The summed E-state index contributed by atoms with van der Waals surface area (Å²) >= 11 is 0. The Kier molecular flexibility index (Phi) is 7.33. The maximum Gasteiger partial charge on any atom is 0.261 e. The Morgan fingerprint density at radius 1 is 0.906 bits per heavy atom. The van der Waals surface area contributed by atoms with E-state index in [0.29, 0.717) is 22.5 Å². The van der Waals surface area contributed by atoms with Crippen molar-refractivity contribution in [2.75, 3.05) is 30.7 Å². The van der Waals surface area contributed by atoms with Crippen molar-refractivity contribution in [1.29, 1.82) is 0 Å². The van der Waals surface area contributed by atoms with Crippen LogP contribution < -0.4 is 10.0 Å². The summed E-state index contributed by atoms with van der Waals surface area (Å²) in [6.45, 7) is 4.62. The second-order valence-electron chi connectivity index (χ2n) is 8.16. The number of anilines is 2. The van der Waals surface area contributed by atoms with E-state index in [1.54, 1.807) is 31.2 Å². The minimum atomic E-state index is -3.83. The molecule has 3 aromatic rings. The lowest BCUT2D eigenvalue weighted by Gasteiger charge is -2.13. The lowest BCUT2D eigenvalue weighted by Crippen LogP contribution is -2.17. The third-order valence-electron chi connectivity index (χ3n) is 5.09. The summed E-state index contributed by atoms with van der Waals surface area (Å²) in [4.78, 5) is 15.0. The van der Waals surface area contributed by atoms with E-state index in [1.165, 1.54) is 17.7 Å². The van der Waals surface area contributed by atoms with Crippen LogP contribution in [-0.2, 0) is 16.4 Å². The van der Waals surface area contributed by atoms with Crippen LogP contribution in [0.3, 0.4) is 0 Å². The molecule has 0 spiro atoms. The fraction of sp³-hybridized carbons (Fsp3) is 0.240. The topological polar surface area (TPSA) is 78.5 Å². The predicted octanol–water partition coefficient (Wildman–Crippen LogP) is 4.46. The fourth-order valence-electron chi connectivity index (χ4n) is 3.24. The van der Waals surface area contributed by atoms with Crippen molar-refractivity contribution in [2.45, 2.75) is 25.2 Å². The monoisotopic (exact) mass is 451 g/mol. The van der Waals surface area contributed by atoms with Gasteiger partial charge in [0.1, 0.15) is 0 Å². The highest BCUT2D eigenvalue weighted by atomic mass is 32.2. The molecule has 3 aromatic carbocycles. The summed E-state index contributed by atoms with van der Waals surface area (Å²) in [6.07, 6.45) is 0.925. The van der Waals surface area contributed by atoms with Crippen LogP contribution in [0.1, 0.15) is 27.0 Å². The average Bonchev–Trinajstić information content (AvgIpc) is 2.73. The predicted molar refractivity (Wildman–Crippen MR) is 130 cm³/mol. The van der Waals surface area contributed by atoms with Crippen LogP contribution in [0.25, 0.3) is 0 Å². The van der Waals surface area contributed by atoms with E-state index in [1.807, 2.05) is 51.4 Å². The van der Waals surface area contributed by atoms with Crippen LogP contribution in [0.2, 0.25) is 0 Å². The van der Waals surface area contributed by atoms with Gasteiger partial charge in [-0.1, -0.05) is 30.3 Å². The van der Waals surface area contributed by atoms with Gasteiger partial charge in [0, 0.05) is 23.5 Å². The first-order chi connectivity index (χ1) is 15.1. The van der Waals surface area contributed by atoms with Crippen molar-refractivity contribution in [3.8, 4) is 0 Å². The fourth-order valence-corrected chi connectivity index (χ4v) is 4.32. The van der Waals surface area contributed by atoms with Crippen LogP contribution in [0.15, 0.2) is 71.6 Å². The zero-order chi connectivity index (χ0) is 23.3. The van der Waals surface area contributed by atoms with E-state index in [2.05, 4.69) is 14.9 Å². The SMILES string of the molecule is Cc1cccc(NS(=O)(=O)c2ccc(C)c(C(=O)Nc3ccc(CCN(C)C)cc3)c2)c1. The van der Waals surface area contributed by atoms with Gasteiger partial charge >= 0.3 is 0 Å². The molecule has 0 heterocycles. The van der Waals surface area contributed by atoms with Crippen molar-refractivity contribution in [1.82, 2.24) is 4.90 Å². The number of nitrogens with one attached hydrogen (secondary N) is 2. The normalized spacial score (nSPS) is 11.4. The van der Waals surface area contributed by atoms with E-state index < -0.39 is 10.0 Å². The molecule has 2 N–H and O–H groups in total. The Balaban J connectivity index is 1.76. The van der Waals surface area contributed by atoms with E-state index in [9.17, 15) is 13.2 Å². The van der Waals surface area contributed by atoms with Crippen molar-refractivity contribution in [2.24, 2.45) is 0 Å². The molecular formula is C25H29N3O3S. The number of carbonyl (C=O) groups is 1. The molecule has 3 rings (SSSR count). The van der Waals surface area contributed by atoms with Crippen molar-refractivity contribution >= 4 is 27.3 Å². The molecule has 0 aromatic heterocycles. The number of sulfonamides is 1. The molecule has 0 unspecified atom stereocenters. The van der Waals surface area contributed by atoms with Crippen LogP contribution in [-0.4, -0.2) is 39.9 Å². The Morgan fingerprint density at radius 3 is 2.28 bits per heavy atom. The maximum absolute atomic E-state index is 12.9. The largest absolute Gasteiger partial charge is 0.322 e. The van der Waals surface area contributed by atoms with E-state index in [-0.39, 0.29) is 10.8 Å². The first kappa shape index (κ1) is 23.5. The Hall–Kier alpha value is -3.16. The van der Waals surface area contributed by atoms with Gasteiger partial charge in [0.15, 0.2) is 0 Å². The van der Waals surface area contributed by atoms with Crippen LogP contribution in [0.5, 0.6) is 0 Å². The molecule has 0 saturated heterocycles. The highest BCUT2D eigenvalue weighted by Crippen LogP contribution is 2.21. The zero-order valence-electron chi connectivity index (χ0n) is 18.8. The van der Waals surface area contributed by atoms with E-state index >= 15 is 0 Å². The van der Waals surface area contributed by atoms with Crippen LogP contribution >= 0.6 is 0 Å². The zero-order valence-corrected chi connectivity index (χ0v) is 19.7. The molecule has 0 atom stereocenters. The number of rotatable bonds is 8. The lowest BCUT2D eigenvalue weighted by atomic mass is 10.1. The third-order valence-corrected chi connectivity index (χ3v) is 6.47. The highest BCUT2D eigenvalue weighted by Gasteiger charge is 2.18. The standard InChI is InChI=1S/C25H29N3O3S/c1-18-6-5-7-22(16-18)27-32(30,31)23-13-8-19(2)24(17-23)25(29)26-21-11-9-20(10-12-21)14-15-28(3)4/h5-13,16-17,27H,14-15H2,1-4H3,(H,26,29). The molecule has 0 saturated carbocycles. The third kappa shape index (κ3) is 6.18. The molecule has 0 fully saturated rings. The van der Waals surface area contributed by atoms with Gasteiger partial charge < -0.3 is 10.2 Å². The second-order valence-corrected chi connectivity index (χ2v) is 9.84. The molecule has 1 amide bonds. The summed E-state index contributed by atoms with van der Waals surface area (Å²) in [6, 6.07) is 19.4. The smallest absolute Gasteiger partial charge is 0.261 e. The van der Waals surface area contributed by atoms with Gasteiger partial charge in [-0.2, -0.15) is 0 Å². The first-order valence-corrected chi connectivity index (χ1v) is 11.9. The Labute approximate surface area is 190 Å². The number of likely N-dealkylation sites (N-methyl/N-ethyl adjacent to an activating group) is 1. The molecule has 0 aliphatic carbocycles. The van der Waals surface area contributed by atoms with Gasteiger partial charge in [0.05, 0.1) is 4.90 Å². The van der Waals surface area contributed by atoms with Crippen LogP contribution in [0, 0.1) is 13.8 Å². The van der Waals surface area contributed by atoms with Crippen molar-refractivity contribution in [3.63, 3.8) is 0 Å². The van der Waals surface area contributed by atoms with E-state index in [0.717, 1.165) is 18.5 Å². The van der Waals surface area contributed by atoms with Gasteiger partial charge in [-0.25, -0.2) is 8.42 Å². The summed E-state index contributed by atoms with van der Waals surface area (Å²) in [5, 5.41) is 2.86. The molecule has 7 heteroatoms. The molecule has 0 bridgehead atoms. The van der Waals surface area contributed by atoms with Gasteiger partial charge in [0.25, 0.3) is 15.9 Å². The van der Waals surface area contributed by atoms with E-state index in [4.69, 9.17) is 0 Å². The summed E-state index contributed by atoms with van der Waals surface area (Å²) in [7, 11) is 0.230. The molecule has 168 valence electrons. The Bertz CT molecular complexity index is 1200. The molecule has 0 aliphatic rings. The average molecular weight is 452 g/mol. The van der Waals surface area contributed by atoms with Crippen molar-refractivity contribution < 1.29 is 13.2 Å². The van der Waals surface area contributed by atoms with Gasteiger partial charge in [0.2, 0.25) is 0 Å². The minimum absolute atomic E-state index is 0.0359. The van der Waals surface area contributed by atoms with Crippen molar-refractivity contribution in [3.05, 3.63) is 89.0 Å². The molecule has 6 nitrogen and oxygen atoms in total. The number of benzene rings is 3. The van der Waals surface area contributed by atoms with Gasteiger partial charge in [-0.05, 0) is 87.5 Å². The summed E-state index contributed by atoms with van der Waals surface area (Å²) in [5.41, 5.74) is 4.28. The quantitative estimate of drug-likeness (QED) is 0.530. The number of hydrogen-bond donors (Lipinski definition) is 2. The number of aryl methyl sites for hydroxylation is 2. The number of hydrogen-bond acceptors (Lipinski definition) is 4. The molecule has 0 radical (unpaired) electrons. The number of amides is 1. The maximum atomic E-state index is 12.9. The molecular weight excluding hydrogens is 422 g/mol. The molecule has 32 heavy (non-hydrogen) atoms. The summed E-state index contributed by atoms with van der Waals surface area (Å²) in [5.74, 6) is -0.351. The van der Waals surface area contributed by atoms with Gasteiger partial charge in [-0.3, -0.25) is 9.52 Å². The lowest BCUT2D eigenvalue weighted by molar-refractivity contribution is 0.102. The number of carbonyl (C=O) groups excluding carboxylic acids is 1. The first-order valence-electron chi connectivity index (χ1n) is 10.4.